The van der Waals surface area contributed by atoms with Crippen LogP contribution in [0.3, 0.4) is 0 Å². The molecule has 3 saturated carbocycles. The first kappa shape index (κ1) is 15.3. The number of fused-ring (bicyclic) bond motifs is 2. The van der Waals surface area contributed by atoms with Crippen LogP contribution in [0.15, 0.2) is 0 Å². The SMILES string of the molecule is CCOC(=O)C1CCC(O)(CNC2CC3CCC2C3)CC1. The molecule has 0 radical (unpaired) electrons. The summed E-state index contributed by atoms with van der Waals surface area (Å²) in [7, 11) is 0. The molecule has 3 unspecified atom stereocenters. The standard InChI is InChI=1S/C17H29NO3/c1-2-21-16(19)13-5-7-17(20,8-6-13)11-18-15-10-12-3-4-14(15)9-12/h12-15,18,20H,2-11H2,1H3. The van der Waals surface area contributed by atoms with Crippen molar-refractivity contribution < 1.29 is 14.6 Å². The van der Waals surface area contributed by atoms with Crippen molar-refractivity contribution in [2.24, 2.45) is 17.8 Å². The molecule has 0 aliphatic heterocycles. The van der Waals surface area contributed by atoms with Crippen LogP contribution in [0.4, 0.5) is 0 Å². The Hall–Kier alpha value is -0.610. The summed E-state index contributed by atoms with van der Waals surface area (Å²) < 4.78 is 5.09. The second-order valence-electron chi connectivity index (χ2n) is 7.41. The molecular weight excluding hydrogens is 266 g/mol. The molecule has 0 aromatic rings. The number of carbonyl (C=O) groups is 1. The van der Waals surface area contributed by atoms with Crippen LogP contribution in [0.1, 0.15) is 58.3 Å². The Morgan fingerprint density at radius 2 is 2.00 bits per heavy atom. The minimum atomic E-state index is -0.620. The van der Waals surface area contributed by atoms with Gasteiger partial charge < -0.3 is 15.2 Å². The van der Waals surface area contributed by atoms with Gasteiger partial charge in [0.2, 0.25) is 0 Å². The maximum Gasteiger partial charge on any atom is 0.308 e. The van der Waals surface area contributed by atoms with E-state index in [1.165, 1.54) is 25.7 Å². The van der Waals surface area contributed by atoms with E-state index in [1.54, 1.807) is 0 Å². The van der Waals surface area contributed by atoms with Gasteiger partial charge in [0.25, 0.3) is 0 Å². The quantitative estimate of drug-likeness (QED) is 0.764. The summed E-state index contributed by atoms with van der Waals surface area (Å²) in [6, 6.07) is 0.621. The summed E-state index contributed by atoms with van der Waals surface area (Å²) in [5.74, 6) is 1.68. The van der Waals surface area contributed by atoms with Crippen molar-refractivity contribution in [3.63, 3.8) is 0 Å². The first-order chi connectivity index (χ1) is 10.1. The Morgan fingerprint density at radius 3 is 2.57 bits per heavy atom. The monoisotopic (exact) mass is 295 g/mol. The number of hydrogen-bond donors (Lipinski definition) is 2. The molecule has 120 valence electrons. The Morgan fingerprint density at radius 1 is 1.24 bits per heavy atom. The van der Waals surface area contributed by atoms with E-state index >= 15 is 0 Å². The molecule has 0 amide bonds. The predicted molar refractivity (Wildman–Crippen MR) is 80.8 cm³/mol. The summed E-state index contributed by atoms with van der Waals surface area (Å²) in [5.41, 5.74) is -0.620. The highest BCUT2D eigenvalue weighted by Gasteiger charge is 2.41. The van der Waals surface area contributed by atoms with Gasteiger partial charge in [-0.3, -0.25) is 4.79 Å². The van der Waals surface area contributed by atoms with Gasteiger partial charge in [-0.05, 0) is 63.7 Å². The summed E-state index contributed by atoms with van der Waals surface area (Å²) in [6.07, 6.45) is 8.41. The Labute approximate surface area is 127 Å². The van der Waals surface area contributed by atoms with Crippen molar-refractivity contribution in [2.75, 3.05) is 13.2 Å². The predicted octanol–water partition coefficient (Wildman–Crippen LogP) is 2.25. The van der Waals surface area contributed by atoms with E-state index in [-0.39, 0.29) is 11.9 Å². The number of aliphatic hydroxyl groups is 1. The van der Waals surface area contributed by atoms with Crippen LogP contribution in [0.2, 0.25) is 0 Å². The van der Waals surface area contributed by atoms with Crippen molar-refractivity contribution >= 4 is 5.97 Å². The van der Waals surface area contributed by atoms with Gasteiger partial charge in [0, 0.05) is 12.6 Å². The van der Waals surface area contributed by atoms with Crippen LogP contribution < -0.4 is 5.32 Å². The second-order valence-corrected chi connectivity index (χ2v) is 7.41. The Kier molecular flexibility index (Phi) is 4.55. The number of hydrogen-bond acceptors (Lipinski definition) is 4. The Bertz CT molecular complexity index is 376. The zero-order valence-corrected chi connectivity index (χ0v) is 13.1. The highest BCUT2D eigenvalue weighted by atomic mass is 16.5. The number of esters is 1. The van der Waals surface area contributed by atoms with E-state index in [0.717, 1.165) is 24.7 Å². The van der Waals surface area contributed by atoms with E-state index < -0.39 is 5.60 Å². The molecule has 3 fully saturated rings. The average Bonchev–Trinajstić information content (AvgIpc) is 3.09. The zero-order valence-electron chi connectivity index (χ0n) is 13.1. The van der Waals surface area contributed by atoms with Gasteiger partial charge in [0.05, 0.1) is 18.1 Å². The second kappa shape index (κ2) is 6.25. The summed E-state index contributed by atoms with van der Waals surface area (Å²) >= 11 is 0. The first-order valence-corrected chi connectivity index (χ1v) is 8.72. The van der Waals surface area contributed by atoms with Crippen molar-refractivity contribution in [3.8, 4) is 0 Å². The molecule has 3 atom stereocenters. The third-order valence-electron chi connectivity index (χ3n) is 5.97. The third-order valence-corrected chi connectivity index (χ3v) is 5.97. The van der Waals surface area contributed by atoms with Crippen LogP contribution in [0.25, 0.3) is 0 Å². The largest absolute Gasteiger partial charge is 0.466 e. The molecule has 0 saturated heterocycles. The molecule has 21 heavy (non-hydrogen) atoms. The van der Waals surface area contributed by atoms with Gasteiger partial charge in [0.15, 0.2) is 0 Å². The topological polar surface area (TPSA) is 58.6 Å². The lowest BCUT2D eigenvalue weighted by molar-refractivity contribution is -0.151. The average molecular weight is 295 g/mol. The van der Waals surface area contributed by atoms with E-state index in [2.05, 4.69) is 5.32 Å². The molecule has 3 aliphatic rings. The highest BCUT2D eigenvalue weighted by molar-refractivity contribution is 5.72. The molecular formula is C17H29NO3. The van der Waals surface area contributed by atoms with E-state index in [9.17, 15) is 9.90 Å². The van der Waals surface area contributed by atoms with Crippen LogP contribution in [0.5, 0.6) is 0 Å². The zero-order chi connectivity index (χ0) is 14.9. The van der Waals surface area contributed by atoms with Crippen LogP contribution in [-0.2, 0) is 9.53 Å². The summed E-state index contributed by atoms with van der Waals surface area (Å²) in [5, 5.41) is 14.3. The van der Waals surface area contributed by atoms with Gasteiger partial charge in [-0.15, -0.1) is 0 Å². The van der Waals surface area contributed by atoms with Crippen molar-refractivity contribution in [2.45, 2.75) is 69.9 Å². The molecule has 2 N–H and O–H groups in total. The first-order valence-electron chi connectivity index (χ1n) is 8.72. The van der Waals surface area contributed by atoms with Crippen LogP contribution in [-0.4, -0.2) is 35.9 Å². The minimum absolute atomic E-state index is 0.00674. The molecule has 0 heterocycles. The van der Waals surface area contributed by atoms with E-state index in [4.69, 9.17) is 4.74 Å². The van der Waals surface area contributed by atoms with Gasteiger partial charge in [-0.25, -0.2) is 0 Å². The molecule has 0 aromatic heterocycles. The third kappa shape index (κ3) is 3.42. The normalized spacial score (nSPS) is 42.2. The molecule has 0 aromatic carbocycles. The summed E-state index contributed by atoms with van der Waals surface area (Å²) in [6.45, 7) is 2.98. The number of carbonyl (C=O) groups excluding carboxylic acids is 1. The molecule has 4 nitrogen and oxygen atoms in total. The van der Waals surface area contributed by atoms with Gasteiger partial charge in [-0.2, -0.15) is 0 Å². The number of ether oxygens (including phenoxy) is 1. The molecule has 2 bridgehead atoms. The van der Waals surface area contributed by atoms with Crippen molar-refractivity contribution in [3.05, 3.63) is 0 Å². The molecule has 0 spiro atoms. The highest BCUT2D eigenvalue weighted by Crippen LogP contribution is 2.44. The minimum Gasteiger partial charge on any atom is -0.466 e. The lowest BCUT2D eigenvalue weighted by Crippen LogP contribution is -2.48. The fourth-order valence-corrected chi connectivity index (χ4v) is 4.64. The smallest absolute Gasteiger partial charge is 0.308 e. The van der Waals surface area contributed by atoms with Gasteiger partial charge in [0.1, 0.15) is 0 Å². The fraction of sp³-hybridized carbons (Fsp3) is 0.941. The molecule has 3 aliphatic carbocycles. The van der Waals surface area contributed by atoms with Gasteiger partial charge >= 0.3 is 5.97 Å². The summed E-state index contributed by atoms with van der Waals surface area (Å²) in [4.78, 5) is 11.7. The van der Waals surface area contributed by atoms with Crippen molar-refractivity contribution in [1.29, 1.82) is 0 Å². The lowest BCUT2D eigenvalue weighted by atomic mass is 9.78. The molecule has 3 rings (SSSR count). The number of nitrogens with one attached hydrogen (secondary N) is 1. The molecule has 4 heteroatoms. The fourth-order valence-electron chi connectivity index (χ4n) is 4.64. The number of rotatable bonds is 5. The Balaban J connectivity index is 1.43. The maximum absolute atomic E-state index is 11.7. The maximum atomic E-state index is 11.7. The van der Waals surface area contributed by atoms with E-state index in [0.29, 0.717) is 32.0 Å². The van der Waals surface area contributed by atoms with Crippen LogP contribution >= 0.6 is 0 Å². The van der Waals surface area contributed by atoms with Gasteiger partial charge in [-0.1, -0.05) is 6.42 Å². The van der Waals surface area contributed by atoms with Crippen LogP contribution in [0, 0.1) is 17.8 Å². The van der Waals surface area contributed by atoms with Crippen molar-refractivity contribution in [1.82, 2.24) is 5.32 Å². The lowest BCUT2D eigenvalue weighted by Gasteiger charge is -2.37. The van der Waals surface area contributed by atoms with E-state index in [1.807, 2.05) is 6.92 Å².